The number of hydrogen-bond donors (Lipinski definition) is 2. The van der Waals surface area contributed by atoms with E-state index in [0.717, 1.165) is 6.08 Å². The van der Waals surface area contributed by atoms with Crippen LogP contribution in [0.1, 0.15) is 6.42 Å². The summed E-state index contributed by atoms with van der Waals surface area (Å²) < 4.78 is 0. The van der Waals surface area contributed by atoms with Gasteiger partial charge in [-0.1, -0.05) is 6.58 Å². The fourth-order valence-corrected chi connectivity index (χ4v) is 1.32. The van der Waals surface area contributed by atoms with Gasteiger partial charge in [-0.05, 0) is 12.5 Å². The highest BCUT2D eigenvalue weighted by atomic mass is 16.4. The van der Waals surface area contributed by atoms with Gasteiger partial charge >= 0.3 is 5.97 Å². The number of hydrogen-bond acceptors (Lipinski definition) is 3. The highest BCUT2D eigenvalue weighted by molar-refractivity contribution is 5.89. The number of rotatable bonds is 2. The van der Waals surface area contributed by atoms with Crippen LogP contribution < -0.4 is 5.73 Å². The van der Waals surface area contributed by atoms with Crippen LogP contribution in [0.2, 0.25) is 0 Å². The lowest BCUT2D eigenvalue weighted by Gasteiger charge is -2.18. The van der Waals surface area contributed by atoms with Crippen molar-refractivity contribution in [3.63, 3.8) is 0 Å². The van der Waals surface area contributed by atoms with Gasteiger partial charge in [0.05, 0.1) is 0 Å². The van der Waals surface area contributed by atoms with Gasteiger partial charge in [0.1, 0.15) is 5.54 Å². The molecule has 1 rings (SSSR count). The van der Waals surface area contributed by atoms with E-state index < -0.39 is 11.5 Å². The van der Waals surface area contributed by atoms with Crippen molar-refractivity contribution in [3.05, 3.63) is 12.7 Å². The molecule has 0 spiro atoms. The lowest BCUT2D eigenvalue weighted by Crippen LogP contribution is -2.50. The number of carboxylic acids is 1. The topological polar surface area (TPSA) is 83.6 Å². The van der Waals surface area contributed by atoms with Crippen LogP contribution in [0.3, 0.4) is 0 Å². The molecule has 1 saturated heterocycles. The molecule has 1 heterocycles. The monoisotopic (exact) mass is 184 g/mol. The fraction of sp³-hybridized carbons (Fsp3) is 0.500. The Morgan fingerprint density at radius 2 is 2.23 bits per heavy atom. The molecule has 0 radical (unpaired) electrons. The van der Waals surface area contributed by atoms with Crippen LogP contribution in [0.15, 0.2) is 12.7 Å². The quantitative estimate of drug-likeness (QED) is 0.549. The summed E-state index contributed by atoms with van der Waals surface area (Å²) in [6.45, 7) is 3.76. The summed E-state index contributed by atoms with van der Waals surface area (Å²) in [5.74, 6) is -1.33. The van der Waals surface area contributed by atoms with E-state index in [0.29, 0.717) is 13.0 Å². The number of likely N-dealkylation sites (tertiary alicyclic amines) is 1. The van der Waals surface area contributed by atoms with Crippen LogP contribution in [-0.2, 0) is 9.59 Å². The predicted molar refractivity (Wildman–Crippen MR) is 45.9 cm³/mol. The molecule has 1 atom stereocenters. The maximum atomic E-state index is 11.1. The number of aliphatic carboxylic acids is 1. The smallest absolute Gasteiger partial charge is 0.325 e. The molecule has 0 aromatic heterocycles. The highest BCUT2D eigenvalue weighted by Gasteiger charge is 2.42. The van der Waals surface area contributed by atoms with Crippen LogP contribution in [0, 0.1) is 0 Å². The molecule has 0 aromatic carbocycles. The molecule has 3 N–H and O–H groups in total. The van der Waals surface area contributed by atoms with Crippen molar-refractivity contribution < 1.29 is 14.7 Å². The molecule has 1 unspecified atom stereocenters. The Balaban J connectivity index is 2.68. The third-order valence-electron chi connectivity index (χ3n) is 2.21. The third kappa shape index (κ3) is 1.70. The maximum Gasteiger partial charge on any atom is 0.325 e. The molecule has 5 nitrogen and oxygen atoms in total. The number of amides is 1. The van der Waals surface area contributed by atoms with Crippen LogP contribution in [0.4, 0.5) is 0 Å². The van der Waals surface area contributed by atoms with E-state index in [-0.39, 0.29) is 12.5 Å². The Labute approximate surface area is 75.8 Å². The van der Waals surface area contributed by atoms with Crippen molar-refractivity contribution in [3.8, 4) is 0 Å². The first-order chi connectivity index (χ1) is 5.99. The van der Waals surface area contributed by atoms with Gasteiger partial charge in [0.2, 0.25) is 5.91 Å². The molecule has 1 amide bonds. The van der Waals surface area contributed by atoms with Crippen LogP contribution in [-0.4, -0.2) is 40.5 Å². The van der Waals surface area contributed by atoms with Crippen molar-refractivity contribution in [2.24, 2.45) is 5.73 Å². The Kier molecular flexibility index (Phi) is 2.38. The van der Waals surface area contributed by atoms with Gasteiger partial charge in [-0.25, -0.2) is 0 Å². The first-order valence-electron chi connectivity index (χ1n) is 3.93. The average Bonchev–Trinajstić information content (AvgIpc) is 2.48. The number of nitrogens with zero attached hydrogens (tertiary/aromatic N) is 1. The summed E-state index contributed by atoms with van der Waals surface area (Å²) in [5.41, 5.74) is 4.28. The highest BCUT2D eigenvalue weighted by Crippen LogP contribution is 2.18. The maximum absolute atomic E-state index is 11.1. The molecule has 0 bridgehead atoms. The van der Waals surface area contributed by atoms with Crippen molar-refractivity contribution in [1.82, 2.24) is 4.90 Å². The standard InChI is InChI=1S/C8H12N2O3/c1-2-6(11)10-4-3-8(9,5-10)7(12)13/h2H,1,3-5,9H2,(H,12,13). The number of nitrogens with two attached hydrogens (primary N) is 1. The Bertz CT molecular complexity index is 264. The summed E-state index contributed by atoms with van der Waals surface area (Å²) in [7, 11) is 0. The van der Waals surface area contributed by atoms with E-state index in [1.54, 1.807) is 0 Å². The number of carbonyl (C=O) groups is 2. The first-order valence-corrected chi connectivity index (χ1v) is 3.93. The third-order valence-corrected chi connectivity index (χ3v) is 2.21. The zero-order chi connectivity index (χ0) is 10.1. The molecule has 0 aromatic rings. The van der Waals surface area contributed by atoms with E-state index in [4.69, 9.17) is 10.8 Å². The van der Waals surface area contributed by atoms with Crippen molar-refractivity contribution >= 4 is 11.9 Å². The van der Waals surface area contributed by atoms with Gasteiger partial charge in [-0.3, -0.25) is 9.59 Å². The number of carbonyl (C=O) groups excluding carboxylic acids is 1. The Morgan fingerprint density at radius 3 is 2.62 bits per heavy atom. The normalized spacial score (nSPS) is 27.3. The van der Waals surface area contributed by atoms with Crippen molar-refractivity contribution in [2.45, 2.75) is 12.0 Å². The van der Waals surface area contributed by atoms with Gasteiger partial charge in [-0.15, -0.1) is 0 Å². The molecule has 13 heavy (non-hydrogen) atoms. The summed E-state index contributed by atoms with van der Waals surface area (Å²) in [5, 5.41) is 8.76. The molecule has 1 fully saturated rings. The van der Waals surface area contributed by atoms with Crippen LogP contribution >= 0.6 is 0 Å². The SMILES string of the molecule is C=CC(=O)N1CCC(N)(C(=O)O)C1. The minimum Gasteiger partial charge on any atom is -0.480 e. The van der Waals surface area contributed by atoms with Crippen LogP contribution in [0.5, 0.6) is 0 Å². The average molecular weight is 184 g/mol. The van der Waals surface area contributed by atoms with Crippen molar-refractivity contribution in [2.75, 3.05) is 13.1 Å². The molecule has 0 saturated carbocycles. The summed E-state index contributed by atoms with van der Waals surface area (Å²) in [6, 6.07) is 0. The molecular formula is C8H12N2O3. The van der Waals surface area contributed by atoms with E-state index in [1.165, 1.54) is 4.90 Å². The molecule has 0 aliphatic carbocycles. The fourth-order valence-electron chi connectivity index (χ4n) is 1.32. The van der Waals surface area contributed by atoms with E-state index in [1.807, 2.05) is 0 Å². The second-order valence-electron chi connectivity index (χ2n) is 3.18. The van der Waals surface area contributed by atoms with Gasteiger partial charge in [0.15, 0.2) is 0 Å². The van der Waals surface area contributed by atoms with Crippen molar-refractivity contribution in [1.29, 1.82) is 0 Å². The Hall–Kier alpha value is -1.36. The minimum atomic E-state index is -1.28. The molecule has 1 aliphatic heterocycles. The lowest BCUT2D eigenvalue weighted by molar-refractivity contribution is -0.142. The summed E-state index contributed by atoms with van der Waals surface area (Å²) in [6.07, 6.45) is 1.45. The summed E-state index contributed by atoms with van der Waals surface area (Å²) >= 11 is 0. The van der Waals surface area contributed by atoms with Gasteiger partial charge in [-0.2, -0.15) is 0 Å². The second-order valence-corrected chi connectivity index (χ2v) is 3.18. The van der Waals surface area contributed by atoms with E-state index >= 15 is 0 Å². The largest absolute Gasteiger partial charge is 0.480 e. The second kappa shape index (κ2) is 3.18. The number of carboxylic acid groups (broad SMARTS) is 1. The Morgan fingerprint density at radius 1 is 1.62 bits per heavy atom. The van der Waals surface area contributed by atoms with E-state index in [9.17, 15) is 9.59 Å². The molecular weight excluding hydrogens is 172 g/mol. The molecule has 72 valence electrons. The van der Waals surface area contributed by atoms with Gasteiger partial charge < -0.3 is 15.7 Å². The summed E-state index contributed by atoms with van der Waals surface area (Å²) in [4.78, 5) is 23.2. The predicted octanol–water partition coefficient (Wildman–Crippen LogP) is -0.813. The minimum absolute atomic E-state index is 0.0627. The zero-order valence-electron chi connectivity index (χ0n) is 7.19. The lowest BCUT2D eigenvalue weighted by atomic mass is 10.0. The van der Waals surface area contributed by atoms with Crippen LogP contribution in [0.25, 0.3) is 0 Å². The molecule has 1 aliphatic rings. The molecule has 5 heteroatoms. The zero-order valence-corrected chi connectivity index (χ0v) is 7.19. The van der Waals surface area contributed by atoms with E-state index in [2.05, 4.69) is 6.58 Å². The van der Waals surface area contributed by atoms with Gasteiger partial charge in [0.25, 0.3) is 0 Å². The van der Waals surface area contributed by atoms with Gasteiger partial charge in [0, 0.05) is 13.1 Å². The first kappa shape index (κ1) is 9.73.